The Morgan fingerprint density at radius 1 is 1.05 bits per heavy atom. The highest BCUT2D eigenvalue weighted by atomic mass is 32.2. The second kappa shape index (κ2) is 10.8. The third-order valence-corrected chi connectivity index (χ3v) is 7.86. The molecule has 0 aromatic heterocycles. The maximum Gasteiger partial charge on any atom is 0.416 e. The van der Waals surface area contributed by atoms with Gasteiger partial charge in [0.05, 0.1) is 34.5 Å². The lowest BCUT2D eigenvalue weighted by Gasteiger charge is -2.32. The van der Waals surface area contributed by atoms with Crippen LogP contribution in [0.25, 0.3) is 5.70 Å². The third-order valence-electron chi connectivity index (χ3n) is 6.44. The van der Waals surface area contributed by atoms with Gasteiger partial charge < -0.3 is 9.47 Å². The van der Waals surface area contributed by atoms with Crippen LogP contribution in [0.1, 0.15) is 79.4 Å². The van der Waals surface area contributed by atoms with Gasteiger partial charge in [0.1, 0.15) is 5.60 Å². The summed E-state index contributed by atoms with van der Waals surface area (Å²) in [7, 11) is -3.33. The van der Waals surface area contributed by atoms with E-state index in [2.05, 4.69) is 4.72 Å². The lowest BCUT2D eigenvalue weighted by atomic mass is 10.0. The average molecular weight is 581 g/mol. The number of methoxy groups -OCH3 is 1. The number of ether oxygens (including phenoxy) is 2. The van der Waals surface area contributed by atoms with Crippen LogP contribution in [-0.4, -0.2) is 44.6 Å². The zero-order valence-corrected chi connectivity index (χ0v) is 23.4. The fraction of sp³-hybridized carbons (Fsp3) is 0.429. The van der Waals surface area contributed by atoms with Crippen molar-refractivity contribution in [3.8, 4) is 0 Å². The Labute approximate surface area is 231 Å². The molecule has 0 saturated heterocycles. The van der Waals surface area contributed by atoms with E-state index >= 15 is 0 Å². The number of carbonyl (C=O) groups is 2. The van der Waals surface area contributed by atoms with E-state index in [9.17, 15) is 31.2 Å². The molecule has 4 rings (SSSR count). The predicted molar refractivity (Wildman–Crippen MR) is 142 cm³/mol. The van der Waals surface area contributed by atoms with E-state index in [1.54, 1.807) is 26.8 Å². The van der Waals surface area contributed by atoms with Gasteiger partial charge in [-0.3, -0.25) is 9.62 Å². The van der Waals surface area contributed by atoms with E-state index in [4.69, 9.17) is 9.47 Å². The standard InChI is InChI=1S/C28H31F3N2O6S/c1-27(2,3)39-26(35)33-14-6-5-7-23(33)21-13-11-19(28(29,30)31)16-22(21)32-40(36,37)24-15-18(25(34)38-4)10-12-20(24)17-8-9-17/h7,10-13,15-17,32H,5-6,8-9,14H2,1-4H3. The average Bonchev–Trinajstić information content (AvgIpc) is 3.71. The quantitative estimate of drug-likeness (QED) is 0.389. The predicted octanol–water partition coefficient (Wildman–Crippen LogP) is 6.54. The van der Waals surface area contributed by atoms with Gasteiger partial charge in [0.25, 0.3) is 10.0 Å². The first-order valence-electron chi connectivity index (χ1n) is 12.8. The summed E-state index contributed by atoms with van der Waals surface area (Å²) in [6, 6.07) is 6.84. The number of anilines is 1. The summed E-state index contributed by atoms with van der Waals surface area (Å²) in [4.78, 5) is 26.2. The number of carbonyl (C=O) groups excluding carboxylic acids is 2. The van der Waals surface area contributed by atoms with Crippen LogP contribution in [-0.2, 0) is 25.7 Å². The molecule has 1 fully saturated rings. The molecule has 2 aliphatic rings. The number of allylic oxidation sites excluding steroid dienone is 1. The summed E-state index contributed by atoms with van der Waals surface area (Å²) in [5, 5.41) is 0. The molecule has 1 N–H and O–H groups in total. The molecule has 1 aliphatic carbocycles. The van der Waals surface area contributed by atoms with Crippen LogP contribution >= 0.6 is 0 Å². The lowest BCUT2D eigenvalue weighted by Crippen LogP contribution is -2.37. The summed E-state index contributed by atoms with van der Waals surface area (Å²) in [5.74, 6) is -0.804. The summed E-state index contributed by atoms with van der Waals surface area (Å²) in [5.41, 5.74) is -1.49. The van der Waals surface area contributed by atoms with Crippen molar-refractivity contribution in [2.45, 2.75) is 69.0 Å². The van der Waals surface area contributed by atoms with Crippen molar-refractivity contribution in [3.63, 3.8) is 0 Å². The zero-order chi connectivity index (χ0) is 29.5. The van der Waals surface area contributed by atoms with E-state index in [-0.39, 0.29) is 39.9 Å². The summed E-state index contributed by atoms with van der Waals surface area (Å²) in [6.45, 7) is 5.31. The molecule has 12 heteroatoms. The largest absolute Gasteiger partial charge is 0.465 e. The molecule has 1 saturated carbocycles. The maximum atomic E-state index is 13.7. The number of nitrogens with zero attached hydrogens (tertiary/aromatic N) is 1. The second-order valence-electron chi connectivity index (χ2n) is 10.7. The Kier molecular flexibility index (Phi) is 7.94. The first kappa shape index (κ1) is 29.4. The molecular weight excluding hydrogens is 549 g/mol. The summed E-state index contributed by atoms with van der Waals surface area (Å²) >= 11 is 0. The van der Waals surface area contributed by atoms with Gasteiger partial charge in [-0.05, 0) is 82.2 Å². The van der Waals surface area contributed by atoms with Gasteiger partial charge in [-0.25, -0.2) is 18.0 Å². The van der Waals surface area contributed by atoms with Gasteiger partial charge in [-0.15, -0.1) is 0 Å². The first-order valence-corrected chi connectivity index (χ1v) is 14.3. The molecule has 0 spiro atoms. The van der Waals surface area contributed by atoms with Gasteiger partial charge in [-0.2, -0.15) is 13.2 Å². The number of halogens is 3. The molecule has 0 unspecified atom stereocenters. The number of hydrogen-bond donors (Lipinski definition) is 1. The minimum atomic E-state index is -4.76. The zero-order valence-electron chi connectivity index (χ0n) is 22.6. The van der Waals surface area contributed by atoms with Crippen molar-refractivity contribution in [2.75, 3.05) is 18.4 Å². The molecule has 0 bridgehead atoms. The fourth-order valence-corrected chi connectivity index (χ4v) is 5.85. The van der Waals surface area contributed by atoms with Crippen LogP contribution in [0.2, 0.25) is 0 Å². The van der Waals surface area contributed by atoms with Crippen molar-refractivity contribution in [3.05, 3.63) is 64.7 Å². The fourth-order valence-electron chi connectivity index (χ4n) is 4.45. The van der Waals surface area contributed by atoms with Gasteiger partial charge >= 0.3 is 18.2 Å². The number of benzene rings is 2. The SMILES string of the molecule is COC(=O)c1ccc(C2CC2)c(S(=O)(=O)Nc2cc(C(F)(F)F)ccc2C2=CCCCN2C(=O)OC(C)(C)C)c1. The van der Waals surface area contributed by atoms with Gasteiger partial charge in [0.15, 0.2) is 0 Å². The Hall–Kier alpha value is -3.54. The summed E-state index contributed by atoms with van der Waals surface area (Å²) < 4.78 is 81.2. The van der Waals surface area contributed by atoms with Crippen molar-refractivity contribution in [1.29, 1.82) is 0 Å². The van der Waals surface area contributed by atoms with Crippen LogP contribution in [0.15, 0.2) is 47.4 Å². The van der Waals surface area contributed by atoms with Crippen LogP contribution in [0.3, 0.4) is 0 Å². The molecule has 2 aromatic rings. The summed E-state index contributed by atoms with van der Waals surface area (Å²) in [6.07, 6.45) is -1.19. The topological polar surface area (TPSA) is 102 Å². The van der Waals surface area contributed by atoms with Gasteiger partial charge in [-0.1, -0.05) is 18.2 Å². The monoisotopic (exact) mass is 580 g/mol. The molecule has 1 aliphatic heterocycles. The molecule has 0 atom stereocenters. The molecule has 40 heavy (non-hydrogen) atoms. The molecular formula is C28H31F3N2O6S. The first-order chi connectivity index (χ1) is 18.6. The highest BCUT2D eigenvalue weighted by Gasteiger charge is 2.35. The van der Waals surface area contributed by atoms with Crippen molar-refractivity contribution < 1.29 is 40.7 Å². The Morgan fingerprint density at radius 3 is 2.35 bits per heavy atom. The van der Waals surface area contributed by atoms with Crippen LogP contribution in [0.4, 0.5) is 23.7 Å². The van der Waals surface area contributed by atoms with E-state index in [0.29, 0.717) is 24.5 Å². The molecule has 2 aromatic carbocycles. The van der Waals surface area contributed by atoms with E-state index < -0.39 is 39.4 Å². The van der Waals surface area contributed by atoms with E-state index in [1.807, 2.05) is 0 Å². The number of sulfonamides is 1. The maximum absolute atomic E-state index is 13.7. The van der Waals surface area contributed by atoms with E-state index in [1.165, 1.54) is 23.1 Å². The van der Waals surface area contributed by atoms with Crippen molar-refractivity contribution >= 4 is 33.5 Å². The molecule has 0 radical (unpaired) electrons. The van der Waals surface area contributed by atoms with Crippen LogP contribution in [0.5, 0.6) is 0 Å². The number of hydrogen-bond acceptors (Lipinski definition) is 6. The highest BCUT2D eigenvalue weighted by Crippen LogP contribution is 2.44. The number of rotatable bonds is 6. The van der Waals surface area contributed by atoms with E-state index in [0.717, 1.165) is 32.1 Å². The molecule has 216 valence electrons. The Balaban J connectivity index is 1.82. The minimum Gasteiger partial charge on any atom is -0.465 e. The number of amides is 1. The van der Waals surface area contributed by atoms with Gasteiger partial charge in [0, 0.05) is 12.1 Å². The lowest BCUT2D eigenvalue weighted by molar-refractivity contribution is -0.137. The number of alkyl halides is 3. The molecule has 1 amide bonds. The van der Waals surface area contributed by atoms with Crippen LogP contribution < -0.4 is 4.72 Å². The molecule has 8 nitrogen and oxygen atoms in total. The van der Waals surface area contributed by atoms with Crippen molar-refractivity contribution in [1.82, 2.24) is 4.90 Å². The molecule has 1 heterocycles. The second-order valence-corrected chi connectivity index (χ2v) is 12.4. The minimum absolute atomic E-state index is 0.0115. The smallest absolute Gasteiger partial charge is 0.416 e. The normalized spacial score (nSPS) is 16.3. The highest BCUT2D eigenvalue weighted by molar-refractivity contribution is 7.92. The Morgan fingerprint density at radius 2 is 1.75 bits per heavy atom. The number of nitrogens with one attached hydrogen (secondary N) is 1. The van der Waals surface area contributed by atoms with Gasteiger partial charge in [0.2, 0.25) is 0 Å². The van der Waals surface area contributed by atoms with Crippen LogP contribution in [0, 0.1) is 0 Å². The number of esters is 1. The Bertz CT molecular complexity index is 1460. The third kappa shape index (κ3) is 6.60. The van der Waals surface area contributed by atoms with Crippen molar-refractivity contribution in [2.24, 2.45) is 0 Å².